The van der Waals surface area contributed by atoms with Gasteiger partial charge in [-0.15, -0.1) is 0 Å². The predicted molar refractivity (Wildman–Crippen MR) is 68.3 cm³/mol. The van der Waals surface area contributed by atoms with Crippen LogP contribution in [0.1, 0.15) is 0 Å². The van der Waals surface area contributed by atoms with Crippen molar-refractivity contribution in [2.24, 2.45) is 0 Å². The van der Waals surface area contributed by atoms with Crippen LogP contribution in [0.4, 0.5) is 11.6 Å². The standard InChI is InChI=1S/C11H12N6O3/c12-11-14-15-16-17(11)6-10(19)20-7-9(18)13-8-4-2-1-3-5-8/h1-5H,6-7H2,(H,13,18)(H2,12,14,16). The van der Waals surface area contributed by atoms with Gasteiger partial charge in [-0.25, -0.2) is 4.68 Å². The summed E-state index contributed by atoms with van der Waals surface area (Å²) in [5.41, 5.74) is 6.01. The minimum absolute atomic E-state index is 0.00399. The maximum Gasteiger partial charge on any atom is 0.328 e. The van der Waals surface area contributed by atoms with Gasteiger partial charge >= 0.3 is 5.97 Å². The quantitative estimate of drug-likeness (QED) is 0.701. The average molecular weight is 276 g/mol. The number of anilines is 2. The van der Waals surface area contributed by atoms with E-state index >= 15 is 0 Å². The van der Waals surface area contributed by atoms with Crippen molar-refractivity contribution in [1.82, 2.24) is 20.2 Å². The third kappa shape index (κ3) is 3.77. The van der Waals surface area contributed by atoms with E-state index in [2.05, 4.69) is 20.8 Å². The van der Waals surface area contributed by atoms with E-state index in [-0.39, 0.29) is 12.5 Å². The van der Waals surface area contributed by atoms with Gasteiger partial charge in [0.15, 0.2) is 6.61 Å². The number of carbonyl (C=O) groups is 2. The fraction of sp³-hybridized carbons (Fsp3) is 0.182. The molecule has 0 radical (unpaired) electrons. The summed E-state index contributed by atoms with van der Waals surface area (Å²) in [6, 6.07) is 8.83. The van der Waals surface area contributed by atoms with Gasteiger partial charge < -0.3 is 15.8 Å². The molecule has 0 bridgehead atoms. The van der Waals surface area contributed by atoms with E-state index in [0.29, 0.717) is 5.69 Å². The summed E-state index contributed by atoms with van der Waals surface area (Å²) < 4.78 is 5.85. The Balaban J connectivity index is 1.76. The van der Waals surface area contributed by atoms with E-state index in [1.165, 1.54) is 0 Å². The van der Waals surface area contributed by atoms with E-state index in [4.69, 9.17) is 10.5 Å². The van der Waals surface area contributed by atoms with Crippen LogP contribution >= 0.6 is 0 Å². The van der Waals surface area contributed by atoms with E-state index in [1.54, 1.807) is 24.3 Å². The van der Waals surface area contributed by atoms with Gasteiger partial charge in [0.1, 0.15) is 6.54 Å². The number of nitrogen functional groups attached to an aromatic ring is 1. The summed E-state index contributed by atoms with van der Waals surface area (Å²) >= 11 is 0. The molecule has 0 fully saturated rings. The molecule has 0 spiro atoms. The maximum atomic E-state index is 11.5. The number of aromatic nitrogens is 4. The van der Waals surface area contributed by atoms with E-state index < -0.39 is 18.5 Å². The maximum absolute atomic E-state index is 11.5. The number of tetrazole rings is 1. The highest BCUT2D eigenvalue weighted by Crippen LogP contribution is 2.04. The van der Waals surface area contributed by atoms with Crippen LogP contribution in [-0.4, -0.2) is 38.7 Å². The molecule has 9 nitrogen and oxygen atoms in total. The predicted octanol–water partition coefficient (Wildman–Crippen LogP) is -0.563. The smallest absolute Gasteiger partial charge is 0.328 e. The minimum atomic E-state index is -0.660. The molecule has 0 unspecified atom stereocenters. The number of amides is 1. The second kappa shape index (κ2) is 6.27. The highest BCUT2D eigenvalue weighted by Gasteiger charge is 2.11. The molecular weight excluding hydrogens is 264 g/mol. The van der Waals surface area contributed by atoms with Gasteiger partial charge in [-0.05, 0) is 22.6 Å². The Hall–Kier alpha value is -2.97. The summed E-state index contributed by atoms with van der Waals surface area (Å²) in [5, 5.41) is 12.7. The van der Waals surface area contributed by atoms with Crippen molar-refractivity contribution >= 4 is 23.5 Å². The highest BCUT2D eigenvalue weighted by atomic mass is 16.5. The molecule has 9 heteroatoms. The van der Waals surface area contributed by atoms with Crippen molar-refractivity contribution in [3.63, 3.8) is 0 Å². The number of rotatable bonds is 5. The molecule has 3 N–H and O–H groups in total. The zero-order valence-electron chi connectivity index (χ0n) is 10.4. The van der Waals surface area contributed by atoms with Crippen LogP contribution in [0.3, 0.4) is 0 Å². The summed E-state index contributed by atoms with van der Waals surface area (Å²) in [5.74, 6) is -1.10. The first-order chi connectivity index (χ1) is 9.65. The Morgan fingerprint density at radius 3 is 2.70 bits per heavy atom. The van der Waals surface area contributed by atoms with Crippen molar-refractivity contribution in [3.8, 4) is 0 Å². The molecule has 1 amide bonds. The number of carbonyl (C=O) groups excluding carboxylic acids is 2. The van der Waals surface area contributed by atoms with E-state index in [0.717, 1.165) is 4.68 Å². The lowest BCUT2D eigenvalue weighted by atomic mass is 10.3. The normalized spacial score (nSPS) is 10.0. The summed E-state index contributed by atoms with van der Waals surface area (Å²) in [6.07, 6.45) is 0. The number of esters is 1. The Bertz CT molecular complexity index is 597. The third-order valence-electron chi connectivity index (χ3n) is 2.26. The molecule has 1 aromatic heterocycles. The zero-order valence-corrected chi connectivity index (χ0v) is 10.4. The monoisotopic (exact) mass is 276 g/mol. The number of hydrogen-bond acceptors (Lipinski definition) is 7. The number of nitrogens with one attached hydrogen (secondary N) is 1. The molecule has 2 aromatic rings. The molecule has 20 heavy (non-hydrogen) atoms. The van der Waals surface area contributed by atoms with Gasteiger partial charge in [-0.1, -0.05) is 23.3 Å². The molecule has 0 atom stereocenters. The minimum Gasteiger partial charge on any atom is -0.454 e. The van der Waals surface area contributed by atoms with Crippen molar-refractivity contribution < 1.29 is 14.3 Å². The SMILES string of the molecule is Nc1nnnn1CC(=O)OCC(=O)Nc1ccccc1. The number of para-hydroxylation sites is 1. The molecule has 0 saturated heterocycles. The highest BCUT2D eigenvalue weighted by molar-refractivity contribution is 5.92. The van der Waals surface area contributed by atoms with Gasteiger partial charge in [-0.2, -0.15) is 0 Å². The molecule has 0 aliphatic carbocycles. The van der Waals surface area contributed by atoms with E-state index in [1.807, 2.05) is 6.07 Å². The molecule has 1 heterocycles. The lowest BCUT2D eigenvalue weighted by Crippen LogP contribution is -2.23. The Labute approximate surface area is 113 Å². The molecular formula is C11H12N6O3. The van der Waals surface area contributed by atoms with Crippen LogP contribution in [-0.2, 0) is 20.9 Å². The lowest BCUT2D eigenvalue weighted by Gasteiger charge is -2.06. The Morgan fingerprint density at radius 1 is 1.30 bits per heavy atom. The first kappa shape index (κ1) is 13.5. The second-order valence-corrected chi connectivity index (χ2v) is 3.77. The van der Waals surface area contributed by atoms with Crippen molar-refractivity contribution in [2.75, 3.05) is 17.7 Å². The lowest BCUT2D eigenvalue weighted by molar-refractivity contribution is -0.148. The number of benzene rings is 1. The second-order valence-electron chi connectivity index (χ2n) is 3.77. The number of nitrogens with two attached hydrogens (primary N) is 1. The van der Waals surface area contributed by atoms with Crippen molar-refractivity contribution in [3.05, 3.63) is 30.3 Å². The van der Waals surface area contributed by atoms with Crippen LogP contribution in [0.25, 0.3) is 0 Å². The Kier molecular flexibility index (Phi) is 4.22. The van der Waals surface area contributed by atoms with Crippen LogP contribution in [0.2, 0.25) is 0 Å². The van der Waals surface area contributed by atoms with Gasteiger partial charge in [0, 0.05) is 5.69 Å². The van der Waals surface area contributed by atoms with Gasteiger partial charge in [0.25, 0.3) is 5.91 Å². The molecule has 104 valence electrons. The van der Waals surface area contributed by atoms with Crippen LogP contribution in [0.15, 0.2) is 30.3 Å². The molecule has 0 saturated carbocycles. The van der Waals surface area contributed by atoms with Gasteiger partial charge in [-0.3, -0.25) is 9.59 Å². The number of ether oxygens (including phenoxy) is 1. The largest absolute Gasteiger partial charge is 0.454 e. The Morgan fingerprint density at radius 2 is 2.05 bits per heavy atom. The molecule has 1 aromatic carbocycles. The number of nitrogens with zero attached hydrogens (tertiary/aromatic N) is 4. The first-order valence-electron chi connectivity index (χ1n) is 5.67. The zero-order chi connectivity index (χ0) is 14.4. The van der Waals surface area contributed by atoms with Crippen LogP contribution in [0.5, 0.6) is 0 Å². The van der Waals surface area contributed by atoms with Gasteiger partial charge in [0.2, 0.25) is 5.95 Å². The summed E-state index contributed by atoms with van der Waals surface area (Å²) in [4.78, 5) is 23.0. The fourth-order valence-electron chi connectivity index (χ4n) is 1.36. The molecule has 0 aliphatic heterocycles. The third-order valence-corrected chi connectivity index (χ3v) is 2.26. The summed E-state index contributed by atoms with van der Waals surface area (Å²) in [6.45, 7) is -0.646. The average Bonchev–Trinajstić information content (AvgIpc) is 2.83. The first-order valence-corrected chi connectivity index (χ1v) is 5.67. The van der Waals surface area contributed by atoms with E-state index in [9.17, 15) is 9.59 Å². The van der Waals surface area contributed by atoms with Crippen molar-refractivity contribution in [2.45, 2.75) is 6.54 Å². The van der Waals surface area contributed by atoms with Gasteiger partial charge in [0.05, 0.1) is 0 Å². The number of hydrogen-bond donors (Lipinski definition) is 2. The molecule has 2 rings (SSSR count). The van der Waals surface area contributed by atoms with Crippen LogP contribution in [0, 0.1) is 0 Å². The van der Waals surface area contributed by atoms with Crippen LogP contribution < -0.4 is 11.1 Å². The fourth-order valence-corrected chi connectivity index (χ4v) is 1.36. The topological polar surface area (TPSA) is 125 Å². The van der Waals surface area contributed by atoms with Crippen molar-refractivity contribution in [1.29, 1.82) is 0 Å². The molecule has 0 aliphatic rings. The summed E-state index contributed by atoms with van der Waals surface area (Å²) in [7, 11) is 0.